The average Bonchev–Trinajstić information content (AvgIpc) is 2.75. The predicted octanol–water partition coefficient (Wildman–Crippen LogP) is 4.49. The molecule has 0 spiro atoms. The summed E-state index contributed by atoms with van der Waals surface area (Å²) < 4.78 is 25.1. The fourth-order valence-electron chi connectivity index (χ4n) is 3.53. The van der Waals surface area contributed by atoms with Gasteiger partial charge in [0.25, 0.3) is 0 Å². The van der Waals surface area contributed by atoms with Gasteiger partial charge >= 0.3 is 0 Å². The monoisotopic (exact) mass is 482 g/mol. The van der Waals surface area contributed by atoms with Gasteiger partial charge in [0.15, 0.2) is 9.84 Å². The van der Waals surface area contributed by atoms with Crippen LogP contribution < -0.4 is 5.32 Å². The first-order valence-corrected chi connectivity index (χ1v) is 12.4. The number of nitrogens with zero attached hydrogens (tertiary/aromatic N) is 1. The van der Waals surface area contributed by atoms with E-state index < -0.39 is 15.9 Å². The normalized spacial score (nSPS) is 16.7. The van der Waals surface area contributed by atoms with Gasteiger partial charge in [-0.1, -0.05) is 40.9 Å². The standard InChI is InChI=1S/C22H24Cl2N2O4S/c1-15-5-8-17(9-6-15)31(29,30)13-11-21(27)26-12-3-2-4-20(26)22(28)25-16-7-10-18(23)19(24)14-16/h5-10,14,20H,2-4,11-13H2,1H3,(H,25,28). The Kier molecular flexibility index (Phi) is 7.62. The Morgan fingerprint density at radius 1 is 1.06 bits per heavy atom. The number of halogens is 2. The highest BCUT2D eigenvalue weighted by Gasteiger charge is 2.32. The molecule has 6 nitrogen and oxygen atoms in total. The van der Waals surface area contributed by atoms with E-state index in [1.165, 1.54) is 4.90 Å². The van der Waals surface area contributed by atoms with Crippen molar-refractivity contribution in [2.75, 3.05) is 17.6 Å². The third-order valence-corrected chi connectivity index (χ3v) is 7.75. The van der Waals surface area contributed by atoms with Gasteiger partial charge in [0.1, 0.15) is 6.04 Å². The summed E-state index contributed by atoms with van der Waals surface area (Å²) in [7, 11) is -3.58. The van der Waals surface area contributed by atoms with Crippen LogP contribution in [0.4, 0.5) is 5.69 Å². The van der Waals surface area contributed by atoms with Gasteiger partial charge in [-0.25, -0.2) is 8.42 Å². The number of carbonyl (C=O) groups is 2. The number of nitrogens with one attached hydrogen (secondary N) is 1. The largest absolute Gasteiger partial charge is 0.331 e. The third-order valence-electron chi connectivity index (χ3n) is 5.28. The Morgan fingerprint density at radius 2 is 1.77 bits per heavy atom. The minimum absolute atomic E-state index is 0.174. The van der Waals surface area contributed by atoms with E-state index >= 15 is 0 Å². The Morgan fingerprint density at radius 3 is 2.45 bits per heavy atom. The number of aryl methyl sites for hydroxylation is 1. The molecule has 0 aromatic heterocycles. The van der Waals surface area contributed by atoms with E-state index in [0.29, 0.717) is 28.7 Å². The molecule has 0 saturated carbocycles. The van der Waals surface area contributed by atoms with Crippen molar-refractivity contribution in [1.29, 1.82) is 0 Å². The Balaban J connectivity index is 1.66. The fraction of sp³-hybridized carbons (Fsp3) is 0.364. The van der Waals surface area contributed by atoms with Crippen molar-refractivity contribution >= 4 is 50.5 Å². The number of carbonyl (C=O) groups excluding carboxylic acids is 2. The molecule has 1 unspecified atom stereocenters. The van der Waals surface area contributed by atoms with Crippen LogP contribution in [0.2, 0.25) is 10.0 Å². The first kappa shape index (κ1) is 23.6. The van der Waals surface area contributed by atoms with Gasteiger partial charge in [0.2, 0.25) is 11.8 Å². The van der Waals surface area contributed by atoms with Crippen LogP contribution in [-0.4, -0.2) is 43.5 Å². The minimum Gasteiger partial charge on any atom is -0.331 e. The number of sulfone groups is 1. The van der Waals surface area contributed by atoms with Crippen molar-refractivity contribution in [1.82, 2.24) is 4.90 Å². The van der Waals surface area contributed by atoms with Crippen LogP contribution in [0.5, 0.6) is 0 Å². The van der Waals surface area contributed by atoms with Gasteiger partial charge in [0.05, 0.1) is 20.7 Å². The summed E-state index contributed by atoms with van der Waals surface area (Å²) in [5.74, 6) is -0.968. The highest BCUT2D eigenvalue weighted by molar-refractivity contribution is 7.91. The Labute approximate surface area is 192 Å². The molecule has 1 heterocycles. The number of anilines is 1. The first-order valence-electron chi connectivity index (χ1n) is 10.0. The van der Waals surface area contributed by atoms with Crippen molar-refractivity contribution in [3.8, 4) is 0 Å². The summed E-state index contributed by atoms with van der Waals surface area (Å²) >= 11 is 11.9. The van der Waals surface area contributed by atoms with E-state index in [1.807, 2.05) is 6.92 Å². The van der Waals surface area contributed by atoms with Gasteiger partial charge in [-0.15, -0.1) is 0 Å². The number of benzene rings is 2. The topological polar surface area (TPSA) is 83.6 Å². The van der Waals surface area contributed by atoms with Crippen molar-refractivity contribution < 1.29 is 18.0 Å². The lowest BCUT2D eigenvalue weighted by Crippen LogP contribution is -2.50. The van der Waals surface area contributed by atoms with E-state index in [4.69, 9.17) is 23.2 Å². The highest BCUT2D eigenvalue weighted by Crippen LogP contribution is 2.26. The van der Waals surface area contributed by atoms with Gasteiger partial charge in [0, 0.05) is 18.7 Å². The highest BCUT2D eigenvalue weighted by atomic mass is 35.5. The van der Waals surface area contributed by atoms with Crippen LogP contribution in [0.1, 0.15) is 31.2 Å². The van der Waals surface area contributed by atoms with Gasteiger partial charge in [-0.3, -0.25) is 9.59 Å². The molecular formula is C22H24Cl2N2O4S. The maximum atomic E-state index is 12.8. The van der Waals surface area contributed by atoms with Gasteiger partial charge in [-0.2, -0.15) is 0 Å². The van der Waals surface area contributed by atoms with Gasteiger partial charge < -0.3 is 10.2 Å². The smallest absolute Gasteiger partial charge is 0.247 e. The van der Waals surface area contributed by atoms with Crippen molar-refractivity contribution in [2.45, 2.75) is 43.5 Å². The van der Waals surface area contributed by atoms with Gasteiger partial charge in [-0.05, 0) is 56.5 Å². The van der Waals surface area contributed by atoms with Crippen LogP contribution in [0.3, 0.4) is 0 Å². The van der Waals surface area contributed by atoms with E-state index in [0.717, 1.165) is 18.4 Å². The predicted molar refractivity (Wildman–Crippen MR) is 122 cm³/mol. The zero-order valence-corrected chi connectivity index (χ0v) is 19.4. The zero-order valence-electron chi connectivity index (χ0n) is 17.1. The van der Waals surface area contributed by atoms with E-state index in [2.05, 4.69) is 5.32 Å². The zero-order chi connectivity index (χ0) is 22.6. The summed E-state index contributed by atoms with van der Waals surface area (Å²) in [4.78, 5) is 27.4. The molecule has 2 amide bonds. The van der Waals surface area contributed by atoms with E-state index in [9.17, 15) is 18.0 Å². The third kappa shape index (κ3) is 5.99. The van der Waals surface area contributed by atoms with Crippen molar-refractivity contribution in [2.24, 2.45) is 0 Å². The second-order valence-corrected chi connectivity index (χ2v) is 10.5. The molecule has 1 saturated heterocycles. The maximum absolute atomic E-state index is 12.8. The van der Waals surface area contributed by atoms with Crippen molar-refractivity contribution in [3.63, 3.8) is 0 Å². The molecule has 1 aliphatic heterocycles. The number of rotatable bonds is 6. The molecule has 9 heteroatoms. The van der Waals surface area contributed by atoms with E-state index in [-0.39, 0.29) is 28.9 Å². The van der Waals surface area contributed by atoms with Crippen LogP contribution in [0, 0.1) is 6.92 Å². The molecule has 2 aromatic rings. The lowest BCUT2D eigenvalue weighted by molar-refractivity contribution is -0.140. The van der Waals surface area contributed by atoms with Crippen LogP contribution in [0.15, 0.2) is 47.4 Å². The number of piperidine rings is 1. The summed E-state index contributed by atoms with van der Waals surface area (Å²) in [6.07, 6.45) is 1.92. The average molecular weight is 483 g/mol. The molecule has 1 aliphatic rings. The number of amides is 2. The lowest BCUT2D eigenvalue weighted by Gasteiger charge is -2.34. The molecule has 2 aromatic carbocycles. The summed E-state index contributed by atoms with van der Waals surface area (Å²) in [5.41, 5.74) is 1.44. The fourth-order valence-corrected chi connectivity index (χ4v) is 5.06. The molecule has 1 N–H and O–H groups in total. The second kappa shape index (κ2) is 10.0. The van der Waals surface area contributed by atoms with Crippen LogP contribution >= 0.6 is 23.2 Å². The number of likely N-dealkylation sites (tertiary alicyclic amines) is 1. The summed E-state index contributed by atoms with van der Waals surface area (Å²) in [6, 6.07) is 10.6. The number of hydrogen-bond donors (Lipinski definition) is 1. The molecule has 166 valence electrons. The molecular weight excluding hydrogens is 459 g/mol. The quantitative estimate of drug-likeness (QED) is 0.657. The molecule has 1 fully saturated rings. The second-order valence-electron chi connectivity index (χ2n) is 7.60. The summed E-state index contributed by atoms with van der Waals surface area (Å²) in [5, 5.41) is 3.47. The van der Waals surface area contributed by atoms with Crippen LogP contribution in [0.25, 0.3) is 0 Å². The van der Waals surface area contributed by atoms with Crippen LogP contribution in [-0.2, 0) is 19.4 Å². The number of hydrogen-bond acceptors (Lipinski definition) is 4. The SMILES string of the molecule is Cc1ccc(S(=O)(=O)CCC(=O)N2CCCCC2C(=O)Nc2ccc(Cl)c(Cl)c2)cc1. The Bertz CT molecular complexity index is 1070. The first-order chi connectivity index (χ1) is 14.7. The Hall–Kier alpha value is -2.09. The van der Waals surface area contributed by atoms with Crippen molar-refractivity contribution in [3.05, 3.63) is 58.1 Å². The summed E-state index contributed by atoms with van der Waals surface area (Å²) in [6.45, 7) is 2.29. The maximum Gasteiger partial charge on any atom is 0.247 e. The minimum atomic E-state index is -3.58. The molecule has 0 aliphatic carbocycles. The molecule has 1 atom stereocenters. The lowest BCUT2D eigenvalue weighted by atomic mass is 10.0. The van der Waals surface area contributed by atoms with E-state index in [1.54, 1.807) is 42.5 Å². The molecule has 0 radical (unpaired) electrons. The molecule has 31 heavy (non-hydrogen) atoms. The molecule has 0 bridgehead atoms. The molecule has 3 rings (SSSR count).